The Bertz CT molecular complexity index is 1290. The molecule has 0 saturated heterocycles. The van der Waals surface area contributed by atoms with Crippen molar-refractivity contribution in [1.82, 2.24) is 0 Å². The normalized spacial score (nSPS) is 13.0. The zero-order chi connectivity index (χ0) is 25.2. The number of carbonyl (C=O) groups is 1. The summed E-state index contributed by atoms with van der Waals surface area (Å²) in [6.45, 7) is 6.23. The first-order valence-electron chi connectivity index (χ1n) is 11.4. The number of hydrogen-bond acceptors (Lipinski definition) is 5. The molecule has 0 unspecified atom stereocenters. The second kappa shape index (κ2) is 12.5. The lowest BCUT2D eigenvalue weighted by Gasteiger charge is -2.11. The first-order chi connectivity index (χ1) is 16.9. The minimum atomic E-state index is -0.971. The summed E-state index contributed by atoms with van der Waals surface area (Å²) in [4.78, 5) is 23.8. The number of aryl methyl sites for hydroxylation is 1. The van der Waals surface area contributed by atoms with Crippen molar-refractivity contribution in [2.75, 3.05) is 13.7 Å². The molecule has 3 rings (SSSR count). The lowest BCUT2D eigenvalue weighted by atomic mass is 10.0. The third-order valence-corrected chi connectivity index (χ3v) is 5.57. The van der Waals surface area contributed by atoms with Gasteiger partial charge in [-0.25, -0.2) is 4.79 Å². The van der Waals surface area contributed by atoms with E-state index in [1.165, 1.54) is 13.2 Å². The van der Waals surface area contributed by atoms with Gasteiger partial charge in [-0.2, -0.15) is 0 Å². The van der Waals surface area contributed by atoms with Gasteiger partial charge in [0.05, 0.1) is 11.8 Å². The van der Waals surface area contributed by atoms with E-state index in [-0.39, 0.29) is 10.8 Å². The maximum absolute atomic E-state index is 12.7. The zero-order valence-corrected chi connectivity index (χ0v) is 20.0. The van der Waals surface area contributed by atoms with E-state index >= 15 is 0 Å². The molecule has 0 aliphatic heterocycles. The van der Waals surface area contributed by atoms with Crippen LogP contribution in [0.5, 0.6) is 0 Å². The van der Waals surface area contributed by atoms with Crippen LogP contribution < -0.4 is 16.1 Å². The number of allylic oxidation sites excluding steroid dienone is 2. The SMILES string of the molecule is C=c1oc(-c2ccccc2)cc(=O)/c1=C/C(=C\C)OCCCc1ccc(C[C@H](OC)C(=O)O)cc1. The minimum absolute atomic E-state index is 0.179. The van der Waals surface area contributed by atoms with Crippen molar-refractivity contribution < 1.29 is 23.8 Å². The van der Waals surface area contributed by atoms with Crippen LogP contribution in [0.3, 0.4) is 0 Å². The maximum atomic E-state index is 12.7. The van der Waals surface area contributed by atoms with Crippen molar-refractivity contribution in [3.8, 4) is 11.3 Å². The van der Waals surface area contributed by atoms with Gasteiger partial charge in [-0.05, 0) is 43.0 Å². The number of carboxylic acid groups (broad SMARTS) is 1. The van der Waals surface area contributed by atoms with E-state index in [9.17, 15) is 9.59 Å². The second-order valence-corrected chi connectivity index (χ2v) is 8.05. The molecule has 0 spiro atoms. The standard InChI is InChI=1S/C29H30O6/c1-4-24(18-25-20(2)35-27(19-26(25)30)23-10-6-5-7-11-23)34-16-8-9-21-12-14-22(15-13-21)17-28(33-3)29(31)32/h4-7,10-15,18-19,28H,2,8-9,16-17H2,1,3H3,(H,31,32)/b24-4+,25-18+/t28-/m0/s1. The molecule has 0 saturated carbocycles. The van der Waals surface area contributed by atoms with Crippen LogP contribution in [0.4, 0.5) is 0 Å². The minimum Gasteiger partial charge on any atom is -0.494 e. The Labute approximate surface area is 204 Å². The molecule has 0 aliphatic rings. The summed E-state index contributed by atoms with van der Waals surface area (Å²) in [6.07, 6.45) is 4.52. The summed E-state index contributed by atoms with van der Waals surface area (Å²) in [6, 6.07) is 18.7. The molecule has 6 nitrogen and oxygen atoms in total. The van der Waals surface area contributed by atoms with Gasteiger partial charge in [-0.3, -0.25) is 4.79 Å². The number of benzene rings is 2. The second-order valence-electron chi connectivity index (χ2n) is 8.05. The van der Waals surface area contributed by atoms with Crippen molar-refractivity contribution >= 4 is 18.6 Å². The van der Waals surface area contributed by atoms with E-state index in [1.54, 1.807) is 12.2 Å². The first-order valence-corrected chi connectivity index (χ1v) is 11.4. The topological polar surface area (TPSA) is 86.0 Å². The fraction of sp³-hybridized carbons (Fsp3) is 0.241. The van der Waals surface area contributed by atoms with Gasteiger partial charge in [0.1, 0.15) is 16.9 Å². The quantitative estimate of drug-likeness (QED) is 0.337. The fourth-order valence-corrected chi connectivity index (χ4v) is 3.59. The number of ether oxygens (including phenoxy) is 2. The predicted octanol–water partition coefficient (Wildman–Crippen LogP) is 3.69. The van der Waals surface area contributed by atoms with Crippen LogP contribution >= 0.6 is 0 Å². The largest absolute Gasteiger partial charge is 0.494 e. The average molecular weight is 475 g/mol. The molecule has 35 heavy (non-hydrogen) atoms. The molecular formula is C29H30O6. The average Bonchev–Trinajstić information content (AvgIpc) is 2.87. The van der Waals surface area contributed by atoms with Crippen molar-refractivity contribution in [3.05, 3.63) is 104 Å². The van der Waals surface area contributed by atoms with E-state index < -0.39 is 12.1 Å². The van der Waals surface area contributed by atoms with E-state index in [4.69, 9.17) is 19.0 Å². The molecular weight excluding hydrogens is 444 g/mol. The number of rotatable bonds is 11. The highest BCUT2D eigenvalue weighted by atomic mass is 16.5. The van der Waals surface area contributed by atoms with Crippen molar-refractivity contribution in [2.24, 2.45) is 0 Å². The van der Waals surface area contributed by atoms with Gasteiger partial charge in [0.25, 0.3) is 0 Å². The third kappa shape index (κ3) is 7.29. The summed E-state index contributed by atoms with van der Waals surface area (Å²) < 4.78 is 16.7. The number of hydrogen-bond donors (Lipinski definition) is 1. The molecule has 1 N–H and O–H groups in total. The van der Waals surface area contributed by atoms with E-state index in [0.717, 1.165) is 29.5 Å². The molecule has 2 aromatic carbocycles. The molecule has 3 aromatic rings. The van der Waals surface area contributed by atoms with Gasteiger partial charge in [-0.1, -0.05) is 61.2 Å². The lowest BCUT2D eigenvalue weighted by Crippen LogP contribution is -2.37. The van der Waals surface area contributed by atoms with Crippen LogP contribution in [0.25, 0.3) is 24.0 Å². The van der Waals surface area contributed by atoms with Gasteiger partial charge in [0.2, 0.25) is 0 Å². The van der Waals surface area contributed by atoms with Crippen LogP contribution in [0.1, 0.15) is 24.5 Å². The number of aliphatic carboxylic acids is 1. The molecule has 0 fully saturated rings. The van der Waals surface area contributed by atoms with Crippen LogP contribution in [0, 0.1) is 0 Å². The van der Waals surface area contributed by atoms with E-state index in [0.29, 0.717) is 29.8 Å². The number of carboxylic acids is 1. The molecule has 1 atom stereocenters. The molecule has 1 heterocycles. The van der Waals surface area contributed by atoms with E-state index in [1.807, 2.05) is 61.5 Å². The highest BCUT2D eigenvalue weighted by Gasteiger charge is 2.16. The smallest absolute Gasteiger partial charge is 0.333 e. The van der Waals surface area contributed by atoms with Crippen molar-refractivity contribution in [3.63, 3.8) is 0 Å². The molecule has 1 aromatic heterocycles. The highest BCUT2D eigenvalue weighted by Crippen LogP contribution is 2.14. The Morgan fingerprint density at radius 2 is 1.80 bits per heavy atom. The fourth-order valence-electron chi connectivity index (χ4n) is 3.59. The molecule has 0 amide bonds. The molecule has 0 radical (unpaired) electrons. The lowest BCUT2D eigenvalue weighted by molar-refractivity contribution is -0.148. The third-order valence-electron chi connectivity index (χ3n) is 5.57. The van der Waals surface area contributed by atoms with E-state index in [2.05, 4.69) is 6.58 Å². The molecule has 182 valence electrons. The Balaban J connectivity index is 1.58. The molecule has 0 aliphatic carbocycles. The Hall–Kier alpha value is -3.90. The van der Waals surface area contributed by atoms with Gasteiger partial charge in [0, 0.05) is 25.2 Å². The van der Waals surface area contributed by atoms with Crippen LogP contribution in [-0.2, 0) is 27.1 Å². The summed E-state index contributed by atoms with van der Waals surface area (Å²) in [5.41, 5.74) is 2.97. The number of methoxy groups -OCH3 is 1. The van der Waals surface area contributed by atoms with Crippen LogP contribution in [0.2, 0.25) is 0 Å². The van der Waals surface area contributed by atoms with Crippen molar-refractivity contribution in [1.29, 1.82) is 0 Å². The first kappa shape index (κ1) is 25.7. The zero-order valence-electron chi connectivity index (χ0n) is 20.0. The summed E-state index contributed by atoms with van der Waals surface area (Å²) >= 11 is 0. The Morgan fingerprint density at radius 3 is 2.40 bits per heavy atom. The summed E-state index contributed by atoms with van der Waals surface area (Å²) in [7, 11) is 1.40. The van der Waals surface area contributed by atoms with Gasteiger partial charge >= 0.3 is 5.97 Å². The summed E-state index contributed by atoms with van der Waals surface area (Å²) in [5.74, 6) is 0.0814. The highest BCUT2D eigenvalue weighted by molar-refractivity contribution is 5.72. The summed E-state index contributed by atoms with van der Waals surface area (Å²) in [5, 5.41) is 9.47. The van der Waals surface area contributed by atoms with Crippen molar-refractivity contribution in [2.45, 2.75) is 32.3 Å². The Morgan fingerprint density at radius 1 is 1.11 bits per heavy atom. The monoisotopic (exact) mass is 474 g/mol. The maximum Gasteiger partial charge on any atom is 0.333 e. The molecule has 0 bridgehead atoms. The van der Waals surface area contributed by atoms with Gasteiger partial charge < -0.3 is 19.0 Å². The molecule has 6 heteroatoms. The Kier molecular flexibility index (Phi) is 9.21. The van der Waals surface area contributed by atoms with Crippen LogP contribution in [-0.4, -0.2) is 30.9 Å². The van der Waals surface area contributed by atoms with Gasteiger partial charge in [0.15, 0.2) is 11.5 Å². The predicted molar refractivity (Wildman–Crippen MR) is 136 cm³/mol. The van der Waals surface area contributed by atoms with Gasteiger partial charge in [-0.15, -0.1) is 0 Å². The van der Waals surface area contributed by atoms with Crippen LogP contribution in [0.15, 0.2) is 81.7 Å².